The Morgan fingerprint density at radius 2 is 1.88 bits per heavy atom. The Kier molecular flexibility index (Phi) is 4.36. The molecule has 1 aromatic rings. The van der Waals surface area contributed by atoms with E-state index in [4.69, 9.17) is 5.73 Å². The Balaban J connectivity index is 2.07. The van der Waals surface area contributed by atoms with Crippen molar-refractivity contribution in [3.63, 3.8) is 0 Å². The predicted molar refractivity (Wildman–Crippen MR) is 70.1 cm³/mol. The summed E-state index contributed by atoms with van der Waals surface area (Å²) in [5.41, 5.74) is 7.52. The fraction of sp³-hybridized carbons (Fsp3) is 0.615. The van der Waals surface area contributed by atoms with Gasteiger partial charge in [0, 0.05) is 22.9 Å². The third-order valence-electron chi connectivity index (χ3n) is 3.52. The summed E-state index contributed by atoms with van der Waals surface area (Å²) >= 11 is 3.45. The maximum atomic E-state index is 6.35. The van der Waals surface area contributed by atoms with E-state index in [-0.39, 0.29) is 6.04 Å². The second-order valence-electron chi connectivity index (χ2n) is 4.71. The lowest BCUT2D eigenvalue weighted by Crippen LogP contribution is -2.21. The molecule has 16 heavy (non-hydrogen) atoms. The summed E-state index contributed by atoms with van der Waals surface area (Å²) in [6, 6.07) is 2.26. The highest BCUT2D eigenvalue weighted by molar-refractivity contribution is 9.10. The van der Waals surface area contributed by atoms with E-state index in [2.05, 4.69) is 27.0 Å². The van der Waals surface area contributed by atoms with Crippen molar-refractivity contribution < 1.29 is 0 Å². The van der Waals surface area contributed by atoms with E-state index < -0.39 is 0 Å². The minimum Gasteiger partial charge on any atom is -0.324 e. The van der Waals surface area contributed by atoms with E-state index in [1.165, 1.54) is 44.1 Å². The summed E-state index contributed by atoms with van der Waals surface area (Å²) in [6.07, 6.45) is 11.7. The number of rotatable bonds is 2. The highest BCUT2D eigenvalue weighted by Gasteiger charge is 2.21. The van der Waals surface area contributed by atoms with Crippen LogP contribution < -0.4 is 5.73 Å². The lowest BCUT2D eigenvalue weighted by atomic mass is 9.88. The molecule has 1 aliphatic rings. The number of hydrogen-bond acceptors (Lipinski definition) is 2. The summed E-state index contributed by atoms with van der Waals surface area (Å²) in [5.74, 6) is 0.638. The van der Waals surface area contributed by atoms with Crippen molar-refractivity contribution in [3.05, 3.63) is 28.5 Å². The molecule has 1 heterocycles. The average molecular weight is 283 g/mol. The van der Waals surface area contributed by atoms with Crippen molar-refractivity contribution in [1.29, 1.82) is 0 Å². The molecule has 0 amide bonds. The fourth-order valence-corrected chi connectivity index (χ4v) is 2.94. The van der Waals surface area contributed by atoms with Crippen LogP contribution in [-0.2, 0) is 0 Å². The molecule has 1 fully saturated rings. The summed E-state index contributed by atoms with van der Waals surface area (Å²) in [4.78, 5) is 4.20. The van der Waals surface area contributed by atoms with E-state index in [1.54, 1.807) is 0 Å². The SMILES string of the molecule is NC(c1cncc(Br)c1)C1CCCCCC1. The maximum absolute atomic E-state index is 6.35. The van der Waals surface area contributed by atoms with Crippen LogP contribution in [-0.4, -0.2) is 4.98 Å². The van der Waals surface area contributed by atoms with Crippen LogP contribution in [0.15, 0.2) is 22.9 Å². The minimum absolute atomic E-state index is 0.156. The fourth-order valence-electron chi connectivity index (χ4n) is 2.55. The lowest BCUT2D eigenvalue weighted by molar-refractivity contribution is 0.382. The zero-order chi connectivity index (χ0) is 11.4. The molecule has 0 spiro atoms. The normalized spacial score (nSPS) is 20.4. The van der Waals surface area contributed by atoms with Crippen LogP contribution in [0, 0.1) is 5.92 Å². The number of nitrogens with two attached hydrogens (primary N) is 1. The predicted octanol–water partition coefficient (Wildman–Crippen LogP) is 3.81. The lowest BCUT2D eigenvalue weighted by Gasteiger charge is -2.22. The standard InChI is InChI=1S/C13H19BrN2/c14-12-7-11(8-16-9-12)13(15)10-5-3-1-2-4-6-10/h7-10,13H,1-6,15H2. The molecule has 0 saturated heterocycles. The van der Waals surface area contributed by atoms with Gasteiger partial charge in [0.05, 0.1) is 0 Å². The summed E-state index contributed by atoms with van der Waals surface area (Å²) < 4.78 is 1.02. The zero-order valence-electron chi connectivity index (χ0n) is 9.53. The molecule has 3 heteroatoms. The summed E-state index contributed by atoms with van der Waals surface area (Å²) in [7, 11) is 0. The summed E-state index contributed by atoms with van der Waals surface area (Å²) in [5, 5.41) is 0. The van der Waals surface area contributed by atoms with Crippen LogP contribution in [0.2, 0.25) is 0 Å². The molecule has 0 aliphatic heterocycles. The molecule has 2 rings (SSSR count). The first-order valence-corrected chi connectivity index (χ1v) is 6.92. The first-order chi connectivity index (χ1) is 7.77. The quantitative estimate of drug-likeness (QED) is 0.838. The van der Waals surface area contributed by atoms with Crippen LogP contribution >= 0.6 is 15.9 Å². The highest BCUT2D eigenvalue weighted by Crippen LogP contribution is 2.32. The monoisotopic (exact) mass is 282 g/mol. The van der Waals surface area contributed by atoms with Gasteiger partial charge in [0.2, 0.25) is 0 Å². The second-order valence-corrected chi connectivity index (χ2v) is 5.63. The average Bonchev–Trinajstić information content (AvgIpc) is 2.56. The van der Waals surface area contributed by atoms with E-state index in [0.717, 1.165) is 4.47 Å². The van der Waals surface area contributed by atoms with Gasteiger partial charge in [-0.2, -0.15) is 0 Å². The maximum Gasteiger partial charge on any atom is 0.0410 e. The Morgan fingerprint density at radius 3 is 2.50 bits per heavy atom. The molecular formula is C13H19BrN2. The van der Waals surface area contributed by atoms with Gasteiger partial charge in [-0.05, 0) is 46.3 Å². The molecule has 2 N–H and O–H groups in total. The Morgan fingerprint density at radius 1 is 1.19 bits per heavy atom. The molecular weight excluding hydrogens is 264 g/mol. The van der Waals surface area contributed by atoms with Crippen LogP contribution in [0.3, 0.4) is 0 Å². The van der Waals surface area contributed by atoms with Crippen molar-refractivity contribution in [3.8, 4) is 0 Å². The molecule has 1 aliphatic carbocycles. The van der Waals surface area contributed by atoms with Crippen molar-refractivity contribution in [1.82, 2.24) is 4.98 Å². The van der Waals surface area contributed by atoms with Crippen LogP contribution in [0.1, 0.15) is 50.1 Å². The van der Waals surface area contributed by atoms with Gasteiger partial charge in [0.25, 0.3) is 0 Å². The number of halogens is 1. The molecule has 1 unspecified atom stereocenters. The zero-order valence-corrected chi connectivity index (χ0v) is 11.1. The molecule has 0 bridgehead atoms. The first-order valence-electron chi connectivity index (χ1n) is 6.13. The molecule has 0 radical (unpaired) electrons. The first kappa shape index (κ1) is 12.1. The van der Waals surface area contributed by atoms with Gasteiger partial charge in [0.1, 0.15) is 0 Å². The van der Waals surface area contributed by atoms with Gasteiger partial charge in [-0.3, -0.25) is 4.98 Å². The molecule has 1 aromatic heterocycles. The molecule has 0 aromatic carbocycles. The highest BCUT2D eigenvalue weighted by atomic mass is 79.9. The Hall–Kier alpha value is -0.410. The van der Waals surface area contributed by atoms with Gasteiger partial charge >= 0.3 is 0 Å². The van der Waals surface area contributed by atoms with Crippen molar-refractivity contribution >= 4 is 15.9 Å². The van der Waals surface area contributed by atoms with Crippen LogP contribution in [0.25, 0.3) is 0 Å². The van der Waals surface area contributed by atoms with Crippen molar-refractivity contribution in [2.24, 2.45) is 11.7 Å². The molecule has 2 nitrogen and oxygen atoms in total. The largest absolute Gasteiger partial charge is 0.324 e. The molecule has 1 atom stereocenters. The molecule has 88 valence electrons. The number of nitrogens with zero attached hydrogens (tertiary/aromatic N) is 1. The number of aromatic nitrogens is 1. The van der Waals surface area contributed by atoms with Crippen molar-refractivity contribution in [2.45, 2.75) is 44.6 Å². The van der Waals surface area contributed by atoms with E-state index in [9.17, 15) is 0 Å². The van der Waals surface area contributed by atoms with Gasteiger partial charge in [-0.1, -0.05) is 25.7 Å². The smallest absolute Gasteiger partial charge is 0.0410 e. The van der Waals surface area contributed by atoms with Crippen LogP contribution in [0.4, 0.5) is 0 Å². The number of pyridine rings is 1. The third kappa shape index (κ3) is 3.05. The van der Waals surface area contributed by atoms with E-state index >= 15 is 0 Å². The van der Waals surface area contributed by atoms with Gasteiger partial charge in [-0.15, -0.1) is 0 Å². The topological polar surface area (TPSA) is 38.9 Å². The van der Waals surface area contributed by atoms with Crippen molar-refractivity contribution in [2.75, 3.05) is 0 Å². The van der Waals surface area contributed by atoms with Gasteiger partial charge in [0.15, 0.2) is 0 Å². The minimum atomic E-state index is 0.156. The van der Waals surface area contributed by atoms with Gasteiger partial charge < -0.3 is 5.73 Å². The summed E-state index contributed by atoms with van der Waals surface area (Å²) in [6.45, 7) is 0. The molecule has 1 saturated carbocycles. The van der Waals surface area contributed by atoms with E-state index in [0.29, 0.717) is 5.92 Å². The number of hydrogen-bond donors (Lipinski definition) is 1. The Bertz CT molecular complexity index is 332. The Labute approximate surface area is 106 Å². The third-order valence-corrected chi connectivity index (χ3v) is 3.95. The van der Waals surface area contributed by atoms with E-state index in [1.807, 2.05) is 12.4 Å². The second kappa shape index (κ2) is 5.78. The van der Waals surface area contributed by atoms with Gasteiger partial charge in [-0.25, -0.2) is 0 Å². The van der Waals surface area contributed by atoms with Crippen LogP contribution in [0.5, 0.6) is 0 Å².